The standard InChI is InChI=1S/C23H20ClFN4O4/c1-13-20(21(24)29(28-13)18-9-5-15(25)6-10-18)23(32)33-12-19(30)26-17-4-2-3-14(11-17)22(31)27-16-7-8-16/h2-6,9-11,16H,7-8,12H2,1H3,(H,26,30)(H,27,31). The molecule has 1 aromatic heterocycles. The number of ether oxygens (including phenoxy) is 1. The molecule has 2 amide bonds. The fraction of sp³-hybridized carbons (Fsp3) is 0.217. The Morgan fingerprint density at radius 1 is 1.18 bits per heavy atom. The molecule has 3 aromatic rings. The van der Waals surface area contributed by atoms with E-state index in [9.17, 15) is 18.8 Å². The highest BCUT2D eigenvalue weighted by Crippen LogP contribution is 2.24. The third kappa shape index (κ3) is 5.38. The molecule has 0 radical (unpaired) electrons. The molecule has 1 saturated carbocycles. The van der Waals surface area contributed by atoms with Gasteiger partial charge < -0.3 is 15.4 Å². The summed E-state index contributed by atoms with van der Waals surface area (Å²) in [6.07, 6.45) is 1.94. The summed E-state index contributed by atoms with van der Waals surface area (Å²) in [5.74, 6) is -2.02. The van der Waals surface area contributed by atoms with Crippen LogP contribution in [0.3, 0.4) is 0 Å². The lowest BCUT2D eigenvalue weighted by atomic mass is 10.2. The first-order valence-electron chi connectivity index (χ1n) is 10.2. The number of aryl methyl sites for hydroxylation is 1. The van der Waals surface area contributed by atoms with Crippen LogP contribution in [0.5, 0.6) is 0 Å². The third-order valence-corrected chi connectivity index (χ3v) is 5.28. The van der Waals surface area contributed by atoms with Crippen LogP contribution in [0.1, 0.15) is 39.3 Å². The van der Waals surface area contributed by atoms with Gasteiger partial charge in [0.05, 0.1) is 11.4 Å². The van der Waals surface area contributed by atoms with Gasteiger partial charge in [-0.25, -0.2) is 13.9 Å². The van der Waals surface area contributed by atoms with Crippen molar-refractivity contribution < 1.29 is 23.5 Å². The molecule has 10 heteroatoms. The van der Waals surface area contributed by atoms with Crippen molar-refractivity contribution in [1.82, 2.24) is 15.1 Å². The SMILES string of the molecule is Cc1nn(-c2ccc(F)cc2)c(Cl)c1C(=O)OCC(=O)Nc1cccc(C(=O)NC2CC2)c1. The van der Waals surface area contributed by atoms with Gasteiger partial charge in [0, 0.05) is 17.3 Å². The Balaban J connectivity index is 1.37. The highest BCUT2D eigenvalue weighted by atomic mass is 35.5. The van der Waals surface area contributed by atoms with Gasteiger partial charge in [-0.3, -0.25) is 9.59 Å². The maximum absolute atomic E-state index is 13.2. The number of anilines is 1. The van der Waals surface area contributed by atoms with Crippen LogP contribution in [0.2, 0.25) is 5.15 Å². The maximum atomic E-state index is 13.2. The van der Waals surface area contributed by atoms with Gasteiger partial charge in [0.2, 0.25) is 0 Å². The van der Waals surface area contributed by atoms with Crippen molar-refractivity contribution in [3.05, 3.63) is 76.3 Å². The number of benzene rings is 2. The fourth-order valence-electron chi connectivity index (χ4n) is 3.12. The minimum atomic E-state index is -0.821. The molecular weight excluding hydrogens is 451 g/mol. The number of esters is 1. The number of rotatable bonds is 7. The number of hydrogen-bond acceptors (Lipinski definition) is 5. The van der Waals surface area contributed by atoms with Crippen LogP contribution < -0.4 is 10.6 Å². The average molecular weight is 471 g/mol. The lowest BCUT2D eigenvalue weighted by Gasteiger charge is -2.09. The second kappa shape index (κ2) is 9.41. The van der Waals surface area contributed by atoms with Crippen LogP contribution in [0.25, 0.3) is 5.69 Å². The van der Waals surface area contributed by atoms with Gasteiger partial charge in [0.15, 0.2) is 6.61 Å². The zero-order valence-electron chi connectivity index (χ0n) is 17.6. The molecule has 0 bridgehead atoms. The Morgan fingerprint density at radius 3 is 2.61 bits per heavy atom. The predicted molar refractivity (Wildman–Crippen MR) is 119 cm³/mol. The monoisotopic (exact) mass is 470 g/mol. The number of hydrogen-bond donors (Lipinski definition) is 2. The van der Waals surface area contributed by atoms with Gasteiger partial charge >= 0.3 is 5.97 Å². The second-order valence-corrected chi connectivity index (χ2v) is 7.95. The van der Waals surface area contributed by atoms with E-state index >= 15 is 0 Å². The molecule has 0 aliphatic heterocycles. The zero-order valence-corrected chi connectivity index (χ0v) is 18.4. The van der Waals surface area contributed by atoms with Gasteiger partial charge in [-0.1, -0.05) is 17.7 Å². The smallest absolute Gasteiger partial charge is 0.343 e. The van der Waals surface area contributed by atoms with E-state index in [4.69, 9.17) is 16.3 Å². The molecule has 0 atom stereocenters. The van der Waals surface area contributed by atoms with Gasteiger partial charge in [-0.2, -0.15) is 5.10 Å². The molecule has 2 N–H and O–H groups in total. The van der Waals surface area contributed by atoms with E-state index in [1.807, 2.05) is 0 Å². The molecule has 4 rings (SSSR count). The van der Waals surface area contributed by atoms with Gasteiger partial charge in [-0.05, 0) is 62.2 Å². The van der Waals surface area contributed by atoms with Crippen molar-refractivity contribution >= 4 is 35.1 Å². The first-order valence-corrected chi connectivity index (χ1v) is 10.6. The van der Waals surface area contributed by atoms with Crippen LogP contribution in [-0.4, -0.2) is 40.2 Å². The normalized spacial score (nSPS) is 12.8. The number of halogens is 2. The quantitative estimate of drug-likeness (QED) is 0.513. The van der Waals surface area contributed by atoms with Crippen molar-refractivity contribution in [3.8, 4) is 5.69 Å². The highest BCUT2D eigenvalue weighted by molar-refractivity contribution is 6.33. The minimum Gasteiger partial charge on any atom is -0.452 e. The predicted octanol–water partition coefficient (Wildman–Crippen LogP) is 3.66. The highest BCUT2D eigenvalue weighted by Gasteiger charge is 2.25. The molecule has 33 heavy (non-hydrogen) atoms. The van der Waals surface area contributed by atoms with Crippen LogP contribution in [0.4, 0.5) is 10.1 Å². The summed E-state index contributed by atoms with van der Waals surface area (Å²) in [4.78, 5) is 37.0. The van der Waals surface area contributed by atoms with E-state index in [0.29, 0.717) is 22.6 Å². The first-order chi connectivity index (χ1) is 15.8. The maximum Gasteiger partial charge on any atom is 0.343 e. The topological polar surface area (TPSA) is 102 Å². The van der Waals surface area contributed by atoms with Crippen molar-refractivity contribution in [2.24, 2.45) is 0 Å². The number of nitrogens with one attached hydrogen (secondary N) is 2. The molecule has 2 aromatic carbocycles. The van der Waals surface area contributed by atoms with Gasteiger partial charge in [0.1, 0.15) is 16.5 Å². The summed E-state index contributed by atoms with van der Waals surface area (Å²) in [5, 5.41) is 9.65. The molecule has 0 unspecified atom stereocenters. The molecule has 170 valence electrons. The third-order valence-electron chi connectivity index (χ3n) is 4.93. The molecule has 1 heterocycles. The largest absolute Gasteiger partial charge is 0.452 e. The summed E-state index contributed by atoms with van der Waals surface area (Å²) >= 11 is 6.30. The molecule has 1 aliphatic rings. The van der Waals surface area contributed by atoms with Crippen molar-refractivity contribution in [2.75, 3.05) is 11.9 Å². The molecular formula is C23H20ClFN4O4. The van der Waals surface area contributed by atoms with Crippen molar-refractivity contribution in [3.63, 3.8) is 0 Å². The molecule has 1 aliphatic carbocycles. The van der Waals surface area contributed by atoms with E-state index in [0.717, 1.165) is 12.8 Å². The van der Waals surface area contributed by atoms with Gasteiger partial charge in [-0.15, -0.1) is 0 Å². The number of carbonyl (C=O) groups is 3. The number of aromatic nitrogens is 2. The Morgan fingerprint density at radius 2 is 1.91 bits per heavy atom. The Kier molecular flexibility index (Phi) is 6.41. The van der Waals surface area contributed by atoms with Crippen LogP contribution in [0, 0.1) is 12.7 Å². The van der Waals surface area contributed by atoms with Gasteiger partial charge in [0.25, 0.3) is 11.8 Å². The summed E-state index contributed by atoms with van der Waals surface area (Å²) in [7, 11) is 0. The molecule has 0 saturated heterocycles. The van der Waals surface area contributed by atoms with Crippen LogP contribution >= 0.6 is 11.6 Å². The molecule has 8 nitrogen and oxygen atoms in total. The van der Waals surface area contributed by atoms with E-state index in [1.165, 1.54) is 28.9 Å². The van der Waals surface area contributed by atoms with Crippen molar-refractivity contribution in [1.29, 1.82) is 0 Å². The number of amides is 2. The van der Waals surface area contributed by atoms with E-state index in [1.54, 1.807) is 31.2 Å². The lowest BCUT2D eigenvalue weighted by molar-refractivity contribution is -0.119. The minimum absolute atomic E-state index is 0.00698. The van der Waals surface area contributed by atoms with Crippen molar-refractivity contribution in [2.45, 2.75) is 25.8 Å². The first kappa shape index (κ1) is 22.5. The van der Waals surface area contributed by atoms with E-state index in [-0.39, 0.29) is 22.7 Å². The number of carbonyl (C=O) groups excluding carboxylic acids is 3. The molecule has 0 spiro atoms. The summed E-state index contributed by atoms with van der Waals surface area (Å²) in [6.45, 7) is 1.01. The Hall–Kier alpha value is -3.72. The summed E-state index contributed by atoms with van der Waals surface area (Å²) in [6, 6.07) is 12.1. The lowest BCUT2D eigenvalue weighted by Crippen LogP contribution is -2.25. The Bertz CT molecular complexity index is 1220. The number of nitrogens with zero attached hydrogens (tertiary/aromatic N) is 2. The summed E-state index contributed by atoms with van der Waals surface area (Å²) < 4.78 is 19.6. The Labute approximate surface area is 193 Å². The fourth-order valence-corrected chi connectivity index (χ4v) is 3.47. The van der Waals surface area contributed by atoms with Crippen LogP contribution in [0.15, 0.2) is 48.5 Å². The molecule has 1 fully saturated rings. The van der Waals surface area contributed by atoms with Crippen LogP contribution in [-0.2, 0) is 9.53 Å². The zero-order chi connectivity index (χ0) is 23.5. The van der Waals surface area contributed by atoms with E-state index in [2.05, 4.69) is 15.7 Å². The van der Waals surface area contributed by atoms with E-state index < -0.39 is 24.3 Å². The summed E-state index contributed by atoms with van der Waals surface area (Å²) in [5.41, 5.74) is 1.59. The average Bonchev–Trinajstić information content (AvgIpc) is 3.55. The second-order valence-electron chi connectivity index (χ2n) is 7.59.